The van der Waals surface area contributed by atoms with E-state index in [4.69, 9.17) is 9.47 Å². The third kappa shape index (κ3) is 9.56. The minimum atomic E-state index is -1.17. The molecule has 0 spiro atoms. The maximum Gasteiger partial charge on any atom is 0.408 e. The summed E-state index contributed by atoms with van der Waals surface area (Å²) in [5, 5.41) is 7.97. The summed E-state index contributed by atoms with van der Waals surface area (Å²) in [4.78, 5) is 80.8. The number of ether oxygens (including phenoxy) is 2. The van der Waals surface area contributed by atoms with Crippen LogP contribution < -0.4 is 16.0 Å². The van der Waals surface area contributed by atoms with Crippen LogP contribution in [0.1, 0.15) is 107 Å². The van der Waals surface area contributed by atoms with Crippen molar-refractivity contribution in [2.75, 3.05) is 13.1 Å². The summed E-state index contributed by atoms with van der Waals surface area (Å²) in [6.07, 6.45) is 4.85. The van der Waals surface area contributed by atoms with Gasteiger partial charge < -0.3 is 30.3 Å². The SMILES string of the molecule is C=CCCC(NC(=O)[C@@H]1[C@@H]2[C@H](CN1C(=O)[C@@H](NC(=O)OC(C)(C)C)C(C)(C)C)C2(C)C)C(=O)C(=O)NCCC(=O)OC1(C)CCCC1. The molecular formula is C35H56N4O8. The first-order valence-corrected chi connectivity index (χ1v) is 16.9. The van der Waals surface area contributed by atoms with Crippen molar-refractivity contribution in [3.63, 3.8) is 0 Å². The lowest BCUT2D eigenvalue weighted by Crippen LogP contribution is -2.60. The van der Waals surface area contributed by atoms with Crippen LogP contribution in [0.5, 0.6) is 0 Å². The van der Waals surface area contributed by atoms with Gasteiger partial charge in [0.15, 0.2) is 0 Å². The number of rotatable bonds is 13. The first kappa shape index (κ1) is 38.0. The molecule has 4 amide bonds. The molecule has 3 rings (SSSR count). The van der Waals surface area contributed by atoms with Crippen LogP contribution in [-0.4, -0.2) is 82.9 Å². The summed E-state index contributed by atoms with van der Waals surface area (Å²) in [6.45, 7) is 20.6. The Morgan fingerprint density at radius 1 is 0.979 bits per heavy atom. The predicted octanol–water partition coefficient (Wildman–Crippen LogP) is 3.81. The summed E-state index contributed by atoms with van der Waals surface area (Å²) in [5.74, 6) is -3.27. The number of piperidine rings is 1. The Bertz CT molecular complexity index is 1240. The molecule has 47 heavy (non-hydrogen) atoms. The molecule has 0 bridgehead atoms. The van der Waals surface area contributed by atoms with Gasteiger partial charge in [-0.1, -0.05) is 40.7 Å². The monoisotopic (exact) mass is 660 g/mol. The summed E-state index contributed by atoms with van der Waals surface area (Å²) in [7, 11) is 0. The summed E-state index contributed by atoms with van der Waals surface area (Å²) in [5.41, 5.74) is -2.18. The van der Waals surface area contributed by atoms with Crippen LogP contribution in [0.25, 0.3) is 0 Å². The van der Waals surface area contributed by atoms with Crippen molar-refractivity contribution in [1.29, 1.82) is 0 Å². The Balaban J connectivity index is 1.71. The maximum absolute atomic E-state index is 14.1. The average Bonchev–Trinajstić information content (AvgIpc) is 3.30. The molecule has 0 aromatic rings. The van der Waals surface area contributed by atoms with Gasteiger partial charge in [0.25, 0.3) is 5.91 Å². The minimum Gasteiger partial charge on any atom is -0.459 e. The van der Waals surface area contributed by atoms with E-state index in [0.29, 0.717) is 13.0 Å². The van der Waals surface area contributed by atoms with E-state index in [1.165, 1.54) is 4.90 Å². The van der Waals surface area contributed by atoms with Crippen molar-refractivity contribution in [3.05, 3.63) is 12.7 Å². The van der Waals surface area contributed by atoms with Crippen LogP contribution in [0, 0.1) is 22.7 Å². The number of hydrogen-bond acceptors (Lipinski definition) is 8. The number of Topliss-reactive ketones (excluding diaryl/α,β-unsaturated/α-hetero) is 1. The smallest absolute Gasteiger partial charge is 0.408 e. The van der Waals surface area contributed by atoms with Gasteiger partial charge in [-0.15, -0.1) is 6.58 Å². The second kappa shape index (κ2) is 14.4. The number of likely N-dealkylation sites (tertiary alicyclic amines) is 1. The summed E-state index contributed by atoms with van der Waals surface area (Å²) in [6, 6.07) is -3.05. The molecule has 3 aliphatic rings. The third-order valence-corrected chi connectivity index (χ3v) is 9.69. The lowest BCUT2D eigenvalue weighted by Gasteiger charge is -2.38. The van der Waals surface area contributed by atoms with Crippen molar-refractivity contribution >= 4 is 35.6 Å². The first-order chi connectivity index (χ1) is 21.6. The number of alkyl carbamates (subject to hydrolysis) is 1. The zero-order chi connectivity index (χ0) is 35.5. The quantitative estimate of drug-likeness (QED) is 0.153. The molecule has 264 valence electrons. The average molecular weight is 661 g/mol. The first-order valence-electron chi connectivity index (χ1n) is 16.9. The lowest BCUT2D eigenvalue weighted by atomic mass is 9.85. The fourth-order valence-corrected chi connectivity index (χ4v) is 6.94. The Morgan fingerprint density at radius 2 is 1.60 bits per heavy atom. The molecule has 1 unspecified atom stereocenters. The molecule has 0 aromatic carbocycles. The molecule has 0 radical (unpaired) electrons. The number of hydrogen-bond donors (Lipinski definition) is 3. The van der Waals surface area contributed by atoms with Gasteiger partial charge in [-0.25, -0.2) is 4.79 Å². The van der Waals surface area contributed by atoms with Crippen molar-refractivity contribution < 1.29 is 38.2 Å². The van der Waals surface area contributed by atoms with Gasteiger partial charge in [-0.3, -0.25) is 24.0 Å². The van der Waals surface area contributed by atoms with E-state index in [-0.39, 0.29) is 36.6 Å². The zero-order valence-corrected chi connectivity index (χ0v) is 29.7. The van der Waals surface area contributed by atoms with Crippen molar-refractivity contribution in [3.8, 4) is 0 Å². The molecule has 3 fully saturated rings. The Kier molecular flexibility index (Phi) is 11.6. The zero-order valence-electron chi connectivity index (χ0n) is 29.7. The molecule has 2 saturated carbocycles. The normalized spacial score (nSPS) is 23.9. The fraction of sp³-hybridized carbons (Fsp3) is 0.771. The number of carbonyl (C=O) groups excluding carboxylic acids is 6. The highest BCUT2D eigenvalue weighted by atomic mass is 16.6. The number of nitrogens with one attached hydrogen (secondary N) is 3. The van der Waals surface area contributed by atoms with Gasteiger partial charge in [0, 0.05) is 13.1 Å². The number of nitrogens with zero attached hydrogens (tertiary/aromatic N) is 1. The Morgan fingerprint density at radius 3 is 2.15 bits per heavy atom. The largest absolute Gasteiger partial charge is 0.459 e. The molecule has 2 aliphatic carbocycles. The van der Waals surface area contributed by atoms with Gasteiger partial charge >= 0.3 is 12.1 Å². The van der Waals surface area contributed by atoms with E-state index in [1.54, 1.807) is 26.8 Å². The van der Waals surface area contributed by atoms with E-state index in [9.17, 15) is 28.8 Å². The molecule has 1 saturated heterocycles. The number of carbonyl (C=O) groups is 6. The van der Waals surface area contributed by atoms with E-state index in [1.807, 2.05) is 41.5 Å². The third-order valence-electron chi connectivity index (χ3n) is 9.69. The fourth-order valence-electron chi connectivity index (χ4n) is 6.94. The van der Waals surface area contributed by atoms with Gasteiger partial charge in [0.2, 0.25) is 17.6 Å². The number of allylic oxidation sites excluding steroid dienone is 1. The standard InChI is InChI=1S/C35H56N4O8/c1-11-12-15-22(26(41)29(43)36-19-16-23(40)46-35(10)17-13-14-18-35)37-28(42)25-24-21(34(24,8)9)20-39(25)30(44)27(32(2,3)4)38-31(45)47-33(5,6)7/h11,21-22,24-25,27H,1,12-20H2,2-10H3,(H,36,43)(H,37,42)(H,38,45)/t21-,22?,24-,25-,27+/m0/s1. The summed E-state index contributed by atoms with van der Waals surface area (Å²) < 4.78 is 11.0. The van der Waals surface area contributed by atoms with Crippen LogP contribution in [0.4, 0.5) is 4.79 Å². The van der Waals surface area contributed by atoms with Crippen molar-refractivity contribution in [2.45, 2.75) is 137 Å². The highest BCUT2D eigenvalue weighted by Crippen LogP contribution is 2.65. The predicted molar refractivity (Wildman–Crippen MR) is 176 cm³/mol. The molecular weight excluding hydrogens is 604 g/mol. The van der Waals surface area contributed by atoms with Gasteiger partial charge in [0.1, 0.15) is 23.3 Å². The molecule has 1 heterocycles. The number of ketones is 1. The Hall–Kier alpha value is -3.44. The molecule has 1 aliphatic heterocycles. The molecule has 3 N–H and O–H groups in total. The van der Waals surface area contributed by atoms with Crippen LogP contribution in [0.15, 0.2) is 12.7 Å². The Labute approximate surface area is 279 Å². The van der Waals surface area contributed by atoms with E-state index >= 15 is 0 Å². The van der Waals surface area contributed by atoms with Crippen LogP contribution in [-0.2, 0) is 33.4 Å². The van der Waals surface area contributed by atoms with Crippen LogP contribution >= 0.6 is 0 Å². The highest BCUT2D eigenvalue weighted by Gasteiger charge is 2.70. The van der Waals surface area contributed by atoms with Crippen LogP contribution in [0.2, 0.25) is 0 Å². The second-order valence-corrected chi connectivity index (χ2v) is 16.3. The second-order valence-electron chi connectivity index (χ2n) is 16.3. The minimum absolute atomic E-state index is 0.0567. The number of esters is 1. The summed E-state index contributed by atoms with van der Waals surface area (Å²) >= 11 is 0. The van der Waals surface area contributed by atoms with Crippen molar-refractivity contribution in [1.82, 2.24) is 20.9 Å². The van der Waals surface area contributed by atoms with E-state index in [0.717, 1.165) is 25.7 Å². The van der Waals surface area contributed by atoms with E-state index in [2.05, 4.69) is 22.5 Å². The topological polar surface area (TPSA) is 160 Å². The molecule has 0 aromatic heterocycles. The highest BCUT2D eigenvalue weighted by molar-refractivity contribution is 6.38. The number of amides is 4. The molecule has 12 nitrogen and oxygen atoms in total. The molecule has 12 heteroatoms. The van der Waals surface area contributed by atoms with Gasteiger partial charge in [0.05, 0.1) is 12.5 Å². The van der Waals surface area contributed by atoms with Crippen LogP contribution in [0.3, 0.4) is 0 Å². The van der Waals surface area contributed by atoms with Gasteiger partial charge in [-0.05, 0) is 88.9 Å². The van der Waals surface area contributed by atoms with Gasteiger partial charge in [-0.2, -0.15) is 0 Å². The lowest BCUT2D eigenvalue weighted by molar-refractivity contribution is -0.157. The van der Waals surface area contributed by atoms with E-state index < -0.39 is 70.3 Å². The molecule has 5 atom stereocenters. The number of fused-ring (bicyclic) bond motifs is 1. The van der Waals surface area contributed by atoms with Crippen molar-refractivity contribution in [2.24, 2.45) is 22.7 Å². The maximum atomic E-state index is 14.1.